The van der Waals surface area contributed by atoms with Crippen molar-refractivity contribution in [1.29, 1.82) is 0 Å². The molecule has 164 valence electrons. The number of nitrogens with zero attached hydrogens (tertiary/aromatic N) is 3. The summed E-state index contributed by atoms with van der Waals surface area (Å²) in [6.45, 7) is 6.79. The summed E-state index contributed by atoms with van der Waals surface area (Å²) < 4.78 is 27.0. The van der Waals surface area contributed by atoms with Crippen LogP contribution in [0.2, 0.25) is 0 Å². The second-order valence-electron chi connectivity index (χ2n) is 8.26. The van der Waals surface area contributed by atoms with Crippen molar-refractivity contribution in [2.45, 2.75) is 25.9 Å². The van der Waals surface area contributed by atoms with E-state index in [9.17, 15) is 13.6 Å². The van der Waals surface area contributed by atoms with Crippen LogP contribution in [0.5, 0.6) is 0 Å². The fourth-order valence-electron chi connectivity index (χ4n) is 4.19. The summed E-state index contributed by atoms with van der Waals surface area (Å²) in [5, 5.41) is 0. The topological polar surface area (TPSA) is 26.8 Å². The van der Waals surface area contributed by atoms with Gasteiger partial charge >= 0.3 is 0 Å². The summed E-state index contributed by atoms with van der Waals surface area (Å²) in [5.41, 5.74) is 2.49. The molecule has 7 heteroatoms. The van der Waals surface area contributed by atoms with Gasteiger partial charge in [0.05, 0.1) is 4.91 Å². The van der Waals surface area contributed by atoms with Crippen LogP contribution >= 0.6 is 11.8 Å². The number of benzene rings is 2. The molecule has 4 nitrogen and oxygen atoms in total. The largest absolute Gasteiger partial charge is 0.365 e. The SMILES string of the molecule is CC1CN(c2ccccc2C=C2SCCN(c3ccc(F)c(F)c3)C2=O)C(C)CN1C. The van der Waals surface area contributed by atoms with Crippen molar-refractivity contribution in [2.24, 2.45) is 0 Å². The molecule has 0 aliphatic carbocycles. The summed E-state index contributed by atoms with van der Waals surface area (Å²) in [6, 6.07) is 12.5. The monoisotopic (exact) mass is 443 g/mol. The predicted molar refractivity (Wildman–Crippen MR) is 124 cm³/mol. The van der Waals surface area contributed by atoms with E-state index >= 15 is 0 Å². The minimum absolute atomic E-state index is 0.183. The summed E-state index contributed by atoms with van der Waals surface area (Å²) in [6.07, 6.45) is 1.93. The Morgan fingerprint density at radius 1 is 1.03 bits per heavy atom. The maximum absolute atomic E-state index is 13.7. The molecule has 2 unspecified atom stereocenters. The number of anilines is 2. The van der Waals surface area contributed by atoms with Crippen molar-refractivity contribution in [3.63, 3.8) is 0 Å². The second-order valence-corrected chi connectivity index (χ2v) is 9.40. The molecule has 4 rings (SSSR count). The van der Waals surface area contributed by atoms with E-state index in [1.807, 2.05) is 24.3 Å². The van der Waals surface area contributed by atoms with Gasteiger partial charge in [0.2, 0.25) is 0 Å². The fourth-order valence-corrected chi connectivity index (χ4v) is 5.13. The normalized spacial score (nSPS) is 24.2. The smallest absolute Gasteiger partial charge is 0.264 e. The van der Waals surface area contributed by atoms with Crippen LogP contribution in [-0.4, -0.2) is 55.3 Å². The van der Waals surface area contributed by atoms with Crippen LogP contribution in [0.1, 0.15) is 19.4 Å². The zero-order valence-corrected chi connectivity index (χ0v) is 18.8. The molecular formula is C24H27F2N3OS. The average molecular weight is 444 g/mol. The highest BCUT2D eigenvalue weighted by molar-refractivity contribution is 8.04. The molecule has 1 amide bonds. The fraction of sp³-hybridized carbons (Fsp3) is 0.375. The molecule has 0 saturated carbocycles. The summed E-state index contributed by atoms with van der Waals surface area (Å²) in [4.78, 5) is 20.1. The van der Waals surface area contributed by atoms with Crippen molar-refractivity contribution in [3.8, 4) is 0 Å². The van der Waals surface area contributed by atoms with Gasteiger partial charge in [0.1, 0.15) is 0 Å². The third kappa shape index (κ3) is 4.48. The van der Waals surface area contributed by atoms with Crippen LogP contribution < -0.4 is 9.80 Å². The van der Waals surface area contributed by atoms with Crippen LogP contribution in [0.4, 0.5) is 20.2 Å². The Hall–Kier alpha value is -2.38. The molecule has 2 fully saturated rings. The first-order valence-corrected chi connectivity index (χ1v) is 11.5. The molecule has 2 aromatic rings. The highest BCUT2D eigenvalue weighted by atomic mass is 32.2. The Morgan fingerprint density at radius 2 is 1.81 bits per heavy atom. The Labute approximate surface area is 186 Å². The van der Waals surface area contributed by atoms with E-state index < -0.39 is 11.6 Å². The van der Waals surface area contributed by atoms with Gasteiger partial charge in [-0.05, 0) is 50.7 Å². The van der Waals surface area contributed by atoms with Crippen LogP contribution in [-0.2, 0) is 4.79 Å². The first-order valence-electron chi connectivity index (χ1n) is 10.5. The van der Waals surface area contributed by atoms with Crippen molar-refractivity contribution >= 4 is 35.1 Å². The van der Waals surface area contributed by atoms with Crippen LogP contribution in [0.15, 0.2) is 47.4 Å². The first-order chi connectivity index (χ1) is 14.8. The Balaban J connectivity index is 1.64. The van der Waals surface area contributed by atoms with Gasteiger partial charge in [-0.2, -0.15) is 0 Å². The molecule has 2 aliphatic rings. The van der Waals surface area contributed by atoms with Gasteiger partial charge in [0, 0.05) is 54.9 Å². The Kier molecular flexibility index (Phi) is 6.34. The van der Waals surface area contributed by atoms with E-state index in [0.717, 1.165) is 36.5 Å². The number of likely N-dealkylation sites (N-methyl/N-ethyl adjacent to an activating group) is 1. The molecule has 2 saturated heterocycles. The molecule has 0 aromatic heterocycles. The lowest BCUT2D eigenvalue weighted by Crippen LogP contribution is -2.55. The molecule has 0 radical (unpaired) electrons. The number of carbonyl (C=O) groups is 1. The number of rotatable bonds is 3. The Morgan fingerprint density at radius 3 is 2.58 bits per heavy atom. The van der Waals surface area contributed by atoms with Crippen molar-refractivity contribution < 1.29 is 13.6 Å². The van der Waals surface area contributed by atoms with E-state index in [1.165, 1.54) is 22.7 Å². The third-order valence-corrected chi connectivity index (χ3v) is 7.06. The second kappa shape index (κ2) is 9.01. The van der Waals surface area contributed by atoms with E-state index in [2.05, 4.69) is 36.8 Å². The zero-order chi connectivity index (χ0) is 22.1. The van der Waals surface area contributed by atoms with Crippen LogP contribution in [0, 0.1) is 11.6 Å². The molecule has 2 aliphatic heterocycles. The van der Waals surface area contributed by atoms with Crippen molar-refractivity contribution in [1.82, 2.24) is 4.90 Å². The predicted octanol–water partition coefficient (Wildman–Crippen LogP) is 4.61. The quantitative estimate of drug-likeness (QED) is 0.647. The minimum Gasteiger partial charge on any atom is -0.365 e. The number of halogens is 2. The van der Waals surface area contributed by atoms with Gasteiger partial charge < -0.3 is 9.80 Å². The van der Waals surface area contributed by atoms with Crippen molar-refractivity contribution in [3.05, 3.63) is 64.6 Å². The number of para-hydroxylation sites is 1. The molecule has 2 heterocycles. The summed E-state index contributed by atoms with van der Waals surface area (Å²) in [5.74, 6) is -1.35. The molecule has 2 atom stereocenters. The molecule has 0 spiro atoms. The maximum atomic E-state index is 13.7. The summed E-state index contributed by atoms with van der Waals surface area (Å²) >= 11 is 1.50. The van der Waals surface area contributed by atoms with E-state index in [-0.39, 0.29) is 5.91 Å². The first kappa shape index (κ1) is 21.8. The maximum Gasteiger partial charge on any atom is 0.264 e. The highest BCUT2D eigenvalue weighted by Crippen LogP contribution is 2.33. The summed E-state index contributed by atoms with van der Waals surface area (Å²) in [7, 11) is 2.15. The van der Waals surface area contributed by atoms with Gasteiger partial charge in [0.25, 0.3) is 5.91 Å². The molecular weight excluding hydrogens is 416 g/mol. The molecule has 31 heavy (non-hydrogen) atoms. The Bertz CT molecular complexity index is 1010. The van der Waals surface area contributed by atoms with Gasteiger partial charge in [-0.15, -0.1) is 11.8 Å². The van der Waals surface area contributed by atoms with E-state index in [4.69, 9.17) is 0 Å². The van der Waals surface area contributed by atoms with Gasteiger partial charge in [-0.3, -0.25) is 9.69 Å². The average Bonchev–Trinajstić information content (AvgIpc) is 2.75. The minimum atomic E-state index is -0.947. The zero-order valence-electron chi connectivity index (χ0n) is 18.0. The lowest BCUT2D eigenvalue weighted by atomic mass is 10.0. The number of piperazine rings is 1. The molecule has 2 aromatic carbocycles. The lowest BCUT2D eigenvalue weighted by Gasteiger charge is -2.44. The van der Waals surface area contributed by atoms with Gasteiger partial charge in [-0.1, -0.05) is 18.2 Å². The third-order valence-electron chi connectivity index (χ3n) is 6.07. The van der Waals surface area contributed by atoms with E-state index in [1.54, 1.807) is 0 Å². The van der Waals surface area contributed by atoms with Gasteiger partial charge in [-0.25, -0.2) is 8.78 Å². The van der Waals surface area contributed by atoms with Crippen LogP contribution in [0.25, 0.3) is 6.08 Å². The molecule has 0 bridgehead atoms. The van der Waals surface area contributed by atoms with E-state index in [0.29, 0.717) is 35.0 Å². The van der Waals surface area contributed by atoms with Crippen LogP contribution in [0.3, 0.4) is 0 Å². The van der Waals surface area contributed by atoms with Gasteiger partial charge in [0.15, 0.2) is 11.6 Å². The number of carbonyl (C=O) groups excluding carboxylic acids is 1. The number of hydrogen-bond donors (Lipinski definition) is 0. The highest BCUT2D eigenvalue weighted by Gasteiger charge is 2.29. The molecule has 0 N–H and O–H groups in total. The standard InChI is InChI=1S/C24H27F2N3OS/c1-16-15-29(17(2)14-27(16)3)22-7-5-4-6-18(22)12-23-24(30)28(10-11-31-23)19-8-9-20(25)21(26)13-19/h4-9,12-13,16-17H,10-11,14-15H2,1-3H3. The number of thioether (sulfide) groups is 1. The number of amides is 1. The number of hydrogen-bond acceptors (Lipinski definition) is 4. The van der Waals surface area contributed by atoms with Crippen molar-refractivity contribution in [2.75, 3.05) is 42.2 Å². The lowest BCUT2D eigenvalue weighted by molar-refractivity contribution is -0.114.